The number of carboxylic acid groups (broad SMARTS) is 1. The summed E-state index contributed by atoms with van der Waals surface area (Å²) in [7, 11) is 0. The average Bonchev–Trinajstić information content (AvgIpc) is 3.32. The van der Waals surface area contributed by atoms with Crippen molar-refractivity contribution in [2.24, 2.45) is 34.3 Å². The van der Waals surface area contributed by atoms with Crippen LogP contribution < -0.4 is 5.73 Å². The zero-order chi connectivity index (χ0) is 21.5. The topological polar surface area (TPSA) is 104 Å². The lowest BCUT2D eigenvalue weighted by atomic mass is 9.61. The molecule has 0 bridgehead atoms. The standard InChI is InChI=1S/C25H26N2O3/c1-2-24(23(29)30)19-13-18(25(15-27,22(19)24)20(28)14-26)21(16-9-5-3-6-10-16)17-11-7-4-8-12-17/h3-12,18-19,21-22H,2,13-14,26H2,1H3,(H,29,30). The Labute approximate surface area is 176 Å². The number of hydrogen-bond donors (Lipinski definition) is 2. The molecule has 2 saturated carbocycles. The second kappa shape index (κ2) is 7.37. The molecule has 3 N–H and O–H groups in total. The van der Waals surface area contributed by atoms with Crippen LogP contribution in [-0.2, 0) is 9.59 Å². The molecule has 2 aromatic carbocycles. The van der Waals surface area contributed by atoms with E-state index in [-0.39, 0.29) is 30.1 Å². The first-order chi connectivity index (χ1) is 14.5. The largest absolute Gasteiger partial charge is 0.481 e. The van der Waals surface area contributed by atoms with Gasteiger partial charge < -0.3 is 10.8 Å². The first-order valence-electron chi connectivity index (χ1n) is 10.5. The summed E-state index contributed by atoms with van der Waals surface area (Å²) in [6.07, 6.45) is 0.936. The molecule has 2 aromatic rings. The van der Waals surface area contributed by atoms with E-state index in [2.05, 4.69) is 6.07 Å². The molecule has 2 fully saturated rings. The molecule has 5 unspecified atom stereocenters. The van der Waals surface area contributed by atoms with E-state index in [4.69, 9.17) is 5.73 Å². The van der Waals surface area contributed by atoms with Gasteiger partial charge in [0.05, 0.1) is 18.0 Å². The quantitative estimate of drug-likeness (QED) is 0.736. The van der Waals surface area contributed by atoms with Crippen molar-refractivity contribution in [3.05, 3.63) is 71.8 Å². The van der Waals surface area contributed by atoms with Crippen molar-refractivity contribution in [2.45, 2.75) is 25.7 Å². The Hall–Kier alpha value is -2.97. The van der Waals surface area contributed by atoms with Crippen LogP contribution >= 0.6 is 0 Å². The summed E-state index contributed by atoms with van der Waals surface area (Å²) < 4.78 is 0. The van der Waals surface area contributed by atoms with Gasteiger partial charge in [-0.25, -0.2) is 0 Å². The molecular formula is C25H26N2O3. The van der Waals surface area contributed by atoms with Crippen LogP contribution in [0.15, 0.2) is 60.7 Å². The molecule has 4 rings (SSSR count). The molecular weight excluding hydrogens is 376 g/mol. The molecule has 154 valence electrons. The Kier molecular flexibility index (Phi) is 4.99. The molecule has 0 heterocycles. The van der Waals surface area contributed by atoms with Crippen molar-refractivity contribution in [3.63, 3.8) is 0 Å². The van der Waals surface area contributed by atoms with Crippen LogP contribution in [-0.4, -0.2) is 23.4 Å². The van der Waals surface area contributed by atoms with E-state index in [1.807, 2.05) is 67.6 Å². The van der Waals surface area contributed by atoms with Gasteiger partial charge in [-0.05, 0) is 35.8 Å². The highest BCUT2D eigenvalue weighted by Gasteiger charge is 2.83. The van der Waals surface area contributed by atoms with Gasteiger partial charge in [0, 0.05) is 11.8 Å². The molecule has 5 atom stereocenters. The summed E-state index contributed by atoms with van der Waals surface area (Å²) in [6.45, 7) is 1.57. The second-order valence-electron chi connectivity index (χ2n) is 8.53. The van der Waals surface area contributed by atoms with Crippen LogP contribution in [0.5, 0.6) is 0 Å². The molecule has 30 heavy (non-hydrogen) atoms. The molecule has 5 nitrogen and oxygen atoms in total. The third-order valence-corrected chi connectivity index (χ3v) is 7.63. The number of carbonyl (C=O) groups is 2. The number of aliphatic carboxylic acids is 1. The molecule has 0 spiro atoms. The van der Waals surface area contributed by atoms with Gasteiger partial charge in [-0.1, -0.05) is 67.6 Å². The lowest BCUT2D eigenvalue weighted by Gasteiger charge is -2.39. The van der Waals surface area contributed by atoms with Gasteiger partial charge in [-0.15, -0.1) is 0 Å². The van der Waals surface area contributed by atoms with Crippen molar-refractivity contribution < 1.29 is 14.7 Å². The van der Waals surface area contributed by atoms with Crippen molar-refractivity contribution in [1.82, 2.24) is 0 Å². The van der Waals surface area contributed by atoms with E-state index < -0.39 is 22.7 Å². The summed E-state index contributed by atoms with van der Waals surface area (Å²) in [5, 5.41) is 20.4. The maximum absolute atomic E-state index is 13.3. The Morgan fingerprint density at radius 3 is 2.07 bits per heavy atom. The van der Waals surface area contributed by atoms with Gasteiger partial charge in [0.1, 0.15) is 5.41 Å². The number of nitrogens with two attached hydrogens (primary N) is 1. The lowest BCUT2D eigenvalue weighted by molar-refractivity contribution is -0.147. The van der Waals surface area contributed by atoms with Gasteiger partial charge >= 0.3 is 5.97 Å². The number of rotatable bonds is 7. The van der Waals surface area contributed by atoms with E-state index in [9.17, 15) is 20.0 Å². The predicted octanol–water partition coefficient (Wildman–Crippen LogP) is 3.60. The zero-order valence-electron chi connectivity index (χ0n) is 17.0. The minimum Gasteiger partial charge on any atom is -0.481 e. The third-order valence-electron chi connectivity index (χ3n) is 7.63. The highest BCUT2D eigenvalue weighted by Crippen LogP contribution is 2.78. The van der Waals surface area contributed by atoms with Crippen LogP contribution in [0.1, 0.15) is 36.8 Å². The molecule has 2 aliphatic rings. The van der Waals surface area contributed by atoms with Crippen LogP contribution in [0, 0.1) is 39.9 Å². The Balaban J connectivity index is 1.89. The van der Waals surface area contributed by atoms with E-state index in [1.165, 1.54) is 0 Å². The maximum Gasteiger partial charge on any atom is 0.310 e. The first kappa shape index (κ1) is 20.3. The number of benzene rings is 2. The number of nitriles is 1. The van der Waals surface area contributed by atoms with E-state index >= 15 is 0 Å². The minimum atomic E-state index is -1.40. The molecule has 0 radical (unpaired) electrons. The van der Waals surface area contributed by atoms with Crippen LogP contribution in [0.2, 0.25) is 0 Å². The number of fused-ring (bicyclic) bond motifs is 1. The van der Waals surface area contributed by atoms with E-state index in [1.54, 1.807) is 0 Å². The normalized spacial score (nSPS) is 31.7. The third kappa shape index (κ3) is 2.57. The summed E-state index contributed by atoms with van der Waals surface area (Å²) in [4.78, 5) is 25.5. The Bertz CT molecular complexity index is 961. The zero-order valence-corrected chi connectivity index (χ0v) is 17.0. The smallest absolute Gasteiger partial charge is 0.310 e. The highest BCUT2D eigenvalue weighted by atomic mass is 16.4. The fourth-order valence-electron chi connectivity index (χ4n) is 6.34. The SMILES string of the molecule is CCC1(C(=O)O)C2CC(C(c3ccccc3)c3ccccc3)C(C#N)(C(=O)CN)C21. The second-order valence-corrected chi connectivity index (χ2v) is 8.53. The first-order valence-corrected chi connectivity index (χ1v) is 10.5. The van der Waals surface area contributed by atoms with Gasteiger partial charge in [0.2, 0.25) is 0 Å². The van der Waals surface area contributed by atoms with Gasteiger partial charge in [-0.2, -0.15) is 5.26 Å². The molecule has 2 aliphatic carbocycles. The molecule has 0 aromatic heterocycles. The van der Waals surface area contributed by atoms with Gasteiger partial charge in [-0.3, -0.25) is 9.59 Å². The predicted molar refractivity (Wildman–Crippen MR) is 112 cm³/mol. The number of Topliss-reactive ketones (excluding diaryl/α,β-unsaturated/α-hetero) is 1. The number of ketones is 1. The number of nitrogens with zero attached hydrogens (tertiary/aromatic N) is 1. The highest BCUT2D eigenvalue weighted by molar-refractivity contribution is 5.94. The number of carboxylic acids is 1. The summed E-state index contributed by atoms with van der Waals surface area (Å²) in [5.41, 5.74) is 5.44. The van der Waals surface area contributed by atoms with E-state index in [0.29, 0.717) is 12.8 Å². The average molecular weight is 402 g/mol. The van der Waals surface area contributed by atoms with Crippen molar-refractivity contribution in [2.75, 3.05) is 6.54 Å². The molecule has 0 amide bonds. The minimum absolute atomic E-state index is 0.182. The van der Waals surface area contributed by atoms with Crippen molar-refractivity contribution in [1.29, 1.82) is 5.26 Å². The van der Waals surface area contributed by atoms with Crippen LogP contribution in [0.3, 0.4) is 0 Å². The van der Waals surface area contributed by atoms with Gasteiger partial charge in [0.25, 0.3) is 0 Å². The fourth-order valence-corrected chi connectivity index (χ4v) is 6.34. The van der Waals surface area contributed by atoms with Crippen LogP contribution in [0.4, 0.5) is 0 Å². The number of hydrogen-bond acceptors (Lipinski definition) is 4. The van der Waals surface area contributed by atoms with Crippen molar-refractivity contribution in [3.8, 4) is 6.07 Å². The fraction of sp³-hybridized carbons (Fsp3) is 0.400. The molecule has 5 heteroatoms. The lowest BCUT2D eigenvalue weighted by Crippen LogP contribution is -2.46. The maximum atomic E-state index is 13.3. The molecule has 0 saturated heterocycles. The van der Waals surface area contributed by atoms with Crippen molar-refractivity contribution >= 4 is 11.8 Å². The Morgan fingerprint density at radius 2 is 1.67 bits per heavy atom. The summed E-state index contributed by atoms with van der Waals surface area (Å²) in [6, 6.07) is 22.1. The molecule has 0 aliphatic heterocycles. The van der Waals surface area contributed by atoms with Gasteiger partial charge in [0.15, 0.2) is 5.78 Å². The summed E-state index contributed by atoms with van der Waals surface area (Å²) in [5.74, 6) is -2.42. The monoisotopic (exact) mass is 402 g/mol. The Morgan fingerprint density at radius 1 is 1.13 bits per heavy atom. The summed E-state index contributed by atoms with van der Waals surface area (Å²) >= 11 is 0. The van der Waals surface area contributed by atoms with Crippen LogP contribution in [0.25, 0.3) is 0 Å². The number of carbonyl (C=O) groups excluding carboxylic acids is 1. The van der Waals surface area contributed by atoms with E-state index in [0.717, 1.165) is 11.1 Å².